The summed E-state index contributed by atoms with van der Waals surface area (Å²) in [6, 6.07) is 14.2. The van der Waals surface area contributed by atoms with E-state index in [1.165, 1.54) is 6.07 Å². The number of hydrogen-bond acceptors (Lipinski definition) is 3. The smallest absolute Gasteiger partial charge is 0.354 e. The molecule has 4 heteroatoms. The van der Waals surface area contributed by atoms with Gasteiger partial charge < -0.3 is 10.2 Å². The molecule has 0 aliphatic rings. The number of fused-ring (bicyclic) bond motifs is 1. The Balaban J connectivity index is 2.05. The average Bonchev–Trinajstić information content (AvgIpc) is 2.47. The van der Waals surface area contributed by atoms with Crippen molar-refractivity contribution < 1.29 is 15.0 Å². The Bertz CT molecular complexity index is 794. The number of rotatable bonds is 2. The van der Waals surface area contributed by atoms with Crippen molar-refractivity contribution in [3.63, 3.8) is 0 Å². The summed E-state index contributed by atoms with van der Waals surface area (Å²) in [6.07, 6.45) is 1.55. The van der Waals surface area contributed by atoms with Gasteiger partial charge in [0.15, 0.2) is 0 Å². The minimum absolute atomic E-state index is 0.0273. The summed E-state index contributed by atoms with van der Waals surface area (Å²) < 4.78 is 0. The Kier molecular flexibility index (Phi) is 2.84. The molecule has 0 saturated heterocycles. The third kappa shape index (κ3) is 2.19. The van der Waals surface area contributed by atoms with Crippen molar-refractivity contribution >= 4 is 16.7 Å². The molecule has 3 rings (SSSR count). The van der Waals surface area contributed by atoms with Crippen molar-refractivity contribution in [3.8, 4) is 16.9 Å². The summed E-state index contributed by atoms with van der Waals surface area (Å²) in [6.45, 7) is 0. The van der Waals surface area contributed by atoms with Crippen molar-refractivity contribution in [1.29, 1.82) is 0 Å². The number of carboxylic acid groups (broad SMARTS) is 1. The van der Waals surface area contributed by atoms with Crippen LogP contribution in [0.2, 0.25) is 0 Å². The van der Waals surface area contributed by atoms with E-state index < -0.39 is 5.97 Å². The minimum Gasteiger partial charge on any atom is -0.508 e. The van der Waals surface area contributed by atoms with Crippen molar-refractivity contribution in [1.82, 2.24) is 4.98 Å². The fraction of sp³-hybridized carbons (Fsp3) is 0. The summed E-state index contributed by atoms with van der Waals surface area (Å²) in [4.78, 5) is 14.7. The van der Waals surface area contributed by atoms with E-state index in [0.29, 0.717) is 0 Å². The molecule has 0 amide bonds. The highest BCUT2D eigenvalue weighted by atomic mass is 16.4. The highest BCUT2D eigenvalue weighted by molar-refractivity contribution is 5.89. The van der Waals surface area contributed by atoms with Crippen molar-refractivity contribution in [2.24, 2.45) is 0 Å². The van der Waals surface area contributed by atoms with Crippen molar-refractivity contribution in [2.45, 2.75) is 0 Å². The van der Waals surface area contributed by atoms with Crippen LogP contribution < -0.4 is 0 Å². The van der Waals surface area contributed by atoms with E-state index in [-0.39, 0.29) is 11.4 Å². The van der Waals surface area contributed by atoms with Crippen LogP contribution in [0.25, 0.3) is 21.9 Å². The van der Waals surface area contributed by atoms with E-state index in [4.69, 9.17) is 5.11 Å². The maximum atomic E-state index is 10.8. The number of phenols is 1. The van der Waals surface area contributed by atoms with Crippen LogP contribution in [0.1, 0.15) is 10.5 Å². The molecule has 0 spiro atoms. The lowest BCUT2D eigenvalue weighted by Crippen LogP contribution is -1.99. The molecule has 4 nitrogen and oxygen atoms in total. The quantitative estimate of drug-likeness (QED) is 0.745. The number of carboxylic acids is 1. The molecule has 98 valence electrons. The van der Waals surface area contributed by atoms with Crippen LogP contribution in [-0.4, -0.2) is 21.2 Å². The first-order chi connectivity index (χ1) is 9.63. The summed E-state index contributed by atoms with van der Waals surface area (Å²) in [5.41, 5.74) is 1.83. The van der Waals surface area contributed by atoms with Crippen LogP contribution >= 0.6 is 0 Å². The van der Waals surface area contributed by atoms with Crippen LogP contribution in [0.3, 0.4) is 0 Å². The van der Waals surface area contributed by atoms with Gasteiger partial charge in [0.05, 0.1) is 0 Å². The van der Waals surface area contributed by atoms with E-state index in [2.05, 4.69) is 4.98 Å². The number of carbonyl (C=O) groups is 1. The van der Waals surface area contributed by atoms with Gasteiger partial charge in [0.2, 0.25) is 0 Å². The molecule has 0 aliphatic carbocycles. The average molecular weight is 265 g/mol. The van der Waals surface area contributed by atoms with E-state index >= 15 is 0 Å². The molecular weight excluding hydrogens is 254 g/mol. The zero-order chi connectivity index (χ0) is 14.1. The number of aromatic carboxylic acids is 1. The summed E-state index contributed by atoms with van der Waals surface area (Å²) in [5.74, 6) is -0.803. The predicted octanol–water partition coefficient (Wildman–Crippen LogP) is 3.31. The summed E-state index contributed by atoms with van der Waals surface area (Å²) in [5, 5.41) is 20.2. The highest BCUT2D eigenvalue weighted by Gasteiger charge is 2.05. The van der Waals surface area contributed by atoms with Gasteiger partial charge in [-0.2, -0.15) is 0 Å². The van der Waals surface area contributed by atoms with Gasteiger partial charge in [0.25, 0.3) is 0 Å². The lowest BCUT2D eigenvalue weighted by molar-refractivity contribution is 0.0690. The Labute approximate surface area is 115 Å². The summed E-state index contributed by atoms with van der Waals surface area (Å²) in [7, 11) is 0. The molecule has 0 radical (unpaired) electrons. The molecule has 0 fully saturated rings. The van der Waals surface area contributed by atoms with Gasteiger partial charge in [-0.1, -0.05) is 24.3 Å². The van der Waals surface area contributed by atoms with E-state index in [9.17, 15) is 9.90 Å². The zero-order valence-corrected chi connectivity index (χ0v) is 10.4. The molecule has 0 bridgehead atoms. The number of hydrogen-bond donors (Lipinski definition) is 2. The third-order valence-corrected chi connectivity index (χ3v) is 3.14. The van der Waals surface area contributed by atoms with Gasteiger partial charge in [-0.15, -0.1) is 0 Å². The number of nitrogens with zero attached hydrogens (tertiary/aromatic N) is 1. The predicted molar refractivity (Wildman–Crippen MR) is 75.8 cm³/mol. The molecule has 0 unspecified atom stereocenters. The first-order valence-corrected chi connectivity index (χ1v) is 6.06. The molecule has 1 heterocycles. The molecule has 0 saturated carbocycles. The number of aromatic nitrogens is 1. The fourth-order valence-corrected chi connectivity index (χ4v) is 2.10. The second-order valence-corrected chi connectivity index (χ2v) is 4.48. The monoisotopic (exact) mass is 265 g/mol. The third-order valence-electron chi connectivity index (χ3n) is 3.14. The minimum atomic E-state index is -1.04. The summed E-state index contributed by atoms with van der Waals surface area (Å²) >= 11 is 0. The van der Waals surface area contributed by atoms with Gasteiger partial charge in [-0.3, -0.25) is 0 Å². The van der Waals surface area contributed by atoms with Crippen LogP contribution in [0.4, 0.5) is 0 Å². The number of aromatic hydroxyl groups is 1. The molecule has 20 heavy (non-hydrogen) atoms. The van der Waals surface area contributed by atoms with Gasteiger partial charge in [-0.25, -0.2) is 9.78 Å². The zero-order valence-electron chi connectivity index (χ0n) is 10.4. The lowest BCUT2D eigenvalue weighted by Gasteiger charge is -2.05. The first kappa shape index (κ1) is 12.2. The standard InChI is InChI=1S/C16H11NO3/c18-14-5-3-10-7-11(1-2-12(10)8-14)13-4-6-15(16(19)20)17-9-13/h1-9,18H,(H,19,20). The van der Waals surface area contributed by atoms with Gasteiger partial charge >= 0.3 is 5.97 Å². The number of phenolic OH excluding ortho intramolecular Hbond substituents is 1. The van der Waals surface area contributed by atoms with Gasteiger partial charge in [0, 0.05) is 11.8 Å². The van der Waals surface area contributed by atoms with Crippen molar-refractivity contribution in [3.05, 3.63) is 60.4 Å². The van der Waals surface area contributed by atoms with Gasteiger partial charge in [0.1, 0.15) is 11.4 Å². The second kappa shape index (κ2) is 4.66. The van der Waals surface area contributed by atoms with E-state index in [1.54, 1.807) is 24.4 Å². The fourth-order valence-electron chi connectivity index (χ4n) is 2.10. The molecule has 0 aliphatic heterocycles. The van der Waals surface area contributed by atoms with Crippen LogP contribution in [0.5, 0.6) is 5.75 Å². The second-order valence-electron chi connectivity index (χ2n) is 4.48. The highest BCUT2D eigenvalue weighted by Crippen LogP contribution is 2.26. The van der Waals surface area contributed by atoms with Gasteiger partial charge in [-0.05, 0) is 40.6 Å². The number of benzene rings is 2. The van der Waals surface area contributed by atoms with E-state index in [1.807, 2.05) is 24.3 Å². The Morgan fingerprint density at radius 3 is 2.30 bits per heavy atom. The maximum absolute atomic E-state index is 10.8. The van der Waals surface area contributed by atoms with Crippen LogP contribution in [0, 0.1) is 0 Å². The lowest BCUT2D eigenvalue weighted by atomic mass is 10.0. The Morgan fingerprint density at radius 1 is 0.900 bits per heavy atom. The van der Waals surface area contributed by atoms with E-state index in [0.717, 1.165) is 21.9 Å². The SMILES string of the molecule is O=C(O)c1ccc(-c2ccc3cc(O)ccc3c2)cn1. The largest absolute Gasteiger partial charge is 0.508 e. The normalized spacial score (nSPS) is 10.6. The molecule has 3 aromatic rings. The van der Waals surface area contributed by atoms with Crippen molar-refractivity contribution in [2.75, 3.05) is 0 Å². The molecule has 1 aromatic heterocycles. The molecule has 2 N–H and O–H groups in total. The van der Waals surface area contributed by atoms with Crippen LogP contribution in [-0.2, 0) is 0 Å². The van der Waals surface area contributed by atoms with Crippen LogP contribution in [0.15, 0.2) is 54.7 Å². The first-order valence-electron chi connectivity index (χ1n) is 6.06. The Morgan fingerprint density at radius 2 is 1.60 bits per heavy atom. The molecular formula is C16H11NO3. The maximum Gasteiger partial charge on any atom is 0.354 e. The number of pyridine rings is 1. The molecule has 0 atom stereocenters. The Hall–Kier alpha value is -2.88. The molecule has 2 aromatic carbocycles. The topological polar surface area (TPSA) is 70.4 Å².